The molecule has 0 bridgehead atoms. The normalized spacial score (nSPS) is 16.0. The monoisotopic (exact) mass is 210 g/mol. The molecule has 4 nitrogen and oxygen atoms in total. The Morgan fingerprint density at radius 3 is 2.87 bits per heavy atom. The third kappa shape index (κ3) is 2.52. The Morgan fingerprint density at radius 2 is 2.33 bits per heavy atom. The zero-order valence-corrected chi connectivity index (χ0v) is 8.44. The number of furan rings is 1. The molecule has 15 heavy (non-hydrogen) atoms. The van der Waals surface area contributed by atoms with Gasteiger partial charge in [0.15, 0.2) is 0 Å². The van der Waals surface area contributed by atoms with Gasteiger partial charge in [0, 0.05) is 6.07 Å². The Morgan fingerprint density at radius 1 is 1.53 bits per heavy atom. The highest BCUT2D eigenvalue weighted by atomic mass is 16.6. The van der Waals surface area contributed by atoms with E-state index in [4.69, 9.17) is 14.3 Å². The minimum absolute atomic E-state index is 0.0753. The summed E-state index contributed by atoms with van der Waals surface area (Å²) < 4.78 is 10.3. The number of carboxylic acids is 1. The molecule has 1 fully saturated rings. The first kappa shape index (κ1) is 10.1. The van der Waals surface area contributed by atoms with Crippen LogP contribution in [0.3, 0.4) is 0 Å². The van der Waals surface area contributed by atoms with Crippen LogP contribution in [0.25, 0.3) is 0 Å². The van der Waals surface area contributed by atoms with E-state index in [1.165, 1.54) is 25.3 Å². The van der Waals surface area contributed by atoms with Crippen LogP contribution in [0.4, 0.5) is 0 Å². The smallest absolute Gasteiger partial charge is 0.371 e. The second kappa shape index (κ2) is 4.38. The standard InChI is InChI=1S/C11H14O4/c12-11(13)9-4-5-10(15-9)14-7-6-8-2-1-3-8/h4-5,8H,1-3,6-7H2,(H,12,13). The van der Waals surface area contributed by atoms with Crippen molar-refractivity contribution < 1.29 is 19.1 Å². The number of carbonyl (C=O) groups is 1. The highest BCUT2D eigenvalue weighted by molar-refractivity contribution is 5.84. The van der Waals surface area contributed by atoms with E-state index in [9.17, 15) is 4.79 Å². The maximum atomic E-state index is 10.5. The predicted molar refractivity (Wildman–Crippen MR) is 53.1 cm³/mol. The van der Waals surface area contributed by atoms with Gasteiger partial charge in [-0.3, -0.25) is 0 Å². The summed E-state index contributed by atoms with van der Waals surface area (Å²) in [5.74, 6) is -0.0527. The van der Waals surface area contributed by atoms with Gasteiger partial charge >= 0.3 is 5.97 Å². The summed E-state index contributed by atoms with van der Waals surface area (Å²) in [6.45, 7) is 0.608. The lowest BCUT2D eigenvalue weighted by molar-refractivity contribution is 0.0652. The maximum absolute atomic E-state index is 10.5. The summed E-state index contributed by atoms with van der Waals surface area (Å²) in [5.41, 5.74) is 0. The molecule has 1 aliphatic rings. The van der Waals surface area contributed by atoms with Gasteiger partial charge in [0.1, 0.15) is 0 Å². The Hall–Kier alpha value is -1.45. The molecule has 0 unspecified atom stereocenters. The van der Waals surface area contributed by atoms with E-state index in [1.807, 2.05) is 0 Å². The fourth-order valence-corrected chi connectivity index (χ4v) is 1.62. The molecular formula is C11H14O4. The molecule has 0 aliphatic heterocycles. The second-order valence-electron chi connectivity index (χ2n) is 3.86. The topological polar surface area (TPSA) is 59.7 Å². The molecule has 82 valence electrons. The van der Waals surface area contributed by atoms with Gasteiger partial charge in [-0.2, -0.15) is 0 Å². The number of hydrogen-bond acceptors (Lipinski definition) is 3. The van der Waals surface area contributed by atoms with Crippen LogP contribution >= 0.6 is 0 Å². The van der Waals surface area contributed by atoms with Gasteiger partial charge in [-0.25, -0.2) is 4.79 Å². The Bertz CT molecular complexity index is 338. The molecule has 1 aliphatic carbocycles. The third-order valence-corrected chi connectivity index (χ3v) is 2.79. The van der Waals surface area contributed by atoms with Crippen molar-refractivity contribution in [2.75, 3.05) is 6.61 Å². The van der Waals surface area contributed by atoms with E-state index in [1.54, 1.807) is 6.07 Å². The molecule has 1 aromatic heterocycles. The largest absolute Gasteiger partial charge is 0.475 e. The average Bonchev–Trinajstić information content (AvgIpc) is 2.57. The van der Waals surface area contributed by atoms with Gasteiger partial charge in [-0.15, -0.1) is 0 Å². The summed E-state index contributed by atoms with van der Waals surface area (Å²) >= 11 is 0. The average molecular weight is 210 g/mol. The van der Waals surface area contributed by atoms with Crippen LogP contribution in [0.1, 0.15) is 36.2 Å². The van der Waals surface area contributed by atoms with E-state index in [-0.39, 0.29) is 5.76 Å². The van der Waals surface area contributed by atoms with Gasteiger partial charge in [0.05, 0.1) is 6.61 Å². The van der Waals surface area contributed by atoms with Crippen molar-refractivity contribution in [3.8, 4) is 5.95 Å². The number of hydrogen-bond donors (Lipinski definition) is 1. The van der Waals surface area contributed by atoms with Gasteiger partial charge in [0.2, 0.25) is 5.76 Å². The molecule has 0 aromatic carbocycles. The Labute approximate surface area is 87.8 Å². The van der Waals surface area contributed by atoms with Crippen molar-refractivity contribution in [2.45, 2.75) is 25.7 Å². The van der Waals surface area contributed by atoms with E-state index < -0.39 is 5.97 Å². The zero-order chi connectivity index (χ0) is 10.7. The molecule has 1 N–H and O–H groups in total. The number of aromatic carboxylic acids is 1. The molecule has 0 spiro atoms. The second-order valence-corrected chi connectivity index (χ2v) is 3.86. The van der Waals surface area contributed by atoms with Crippen molar-refractivity contribution in [2.24, 2.45) is 5.92 Å². The summed E-state index contributed by atoms with van der Waals surface area (Å²) in [5, 5.41) is 8.61. The molecule has 0 saturated heterocycles. The SMILES string of the molecule is O=C(O)c1ccc(OCCC2CCC2)o1. The molecule has 1 aromatic rings. The molecule has 0 atom stereocenters. The van der Waals surface area contributed by atoms with Crippen LogP contribution in [0, 0.1) is 5.92 Å². The number of ether oxygens (including phenoxy) is 1. The molecule has 1 heterocycles. The predicted octanol–water partition coefficient (Wildman–Crippen LogP) is 2.55. The van der Waals surface area contributed by atoms with E-state index in [0.29, 0.717) is 12.6 Å². The van der Waals surface area contributed by atoms with Crippen molar-refractivity contribution in [1.82, 2.24) is 0 Å². The van der Waals surface area contributed by atoms with Crippen molar-refractivity contribution in [1.29, 1.82) is 0 Å². The molecule has 2 rings (SSSR count). The molecule has 1 saturated carbocycles. The Kier molecular flexibility index (Phi) is 2.94. The molecule has 0 radical (unpaired) electrons. The van der Waals surface area contributed by atoms with E-state index >= 15 is 0 Å². The fraction of sp³-hybridized carbons (Fsp3) is 0.545. The number of rotatable bonds is 5. The summed E-state index contributed by atoms with van der Waals surface area (Å²) in [4.78, 5) is 10.5. The van der Waals surface area contributed by atoms with E-state index in [2.05, 4.69) is 0 Å². The van der Waals surface area contributed by atoms with E-state index in [0.717, 1.165) is 12.3 Å². The van der Waals surface area contributed by atoms with Gasteiger partial charge < -0.3 is 14.3 Å². The summed E-state index contributed by atoms with van der Waals surface area (Å²) in [6.07, 6.45) is 4.95. The van der Waals surface area contributed by atoms with Crippen LogP contribution < -0.4 is 4.74 Å². The first-order chi connectivity index (χ1) is 7.25. The first-order valence-corrected chi connectivity index (χ1v) is 5.21. The van der Waals surface area contributed by atoms with Crippen LogP contribution in [0.15, 0.2) is 16.5 Å². The van der Waals surface area contributed by atoms with Crippen LogP contribution in [0.5, 0.6) is 5.95 Å². The van der Waals surface area contributed by atoms with Crippen molar-refractivity contribution >= 4 is 5.97 Å². The third-order valence-electron chi connectivity index (χ3n) is 2.79. The minimum Gasteiger partial charge on any atom is -0.475 e. The summed E-state index contributed by atoms with van der Waals surface area (Å²) in [6, 6.07) is 2.95. The highest BCUT2D eigenvalue weighted by Gasteiger charge is 2.17. The molecule has 0 amide bonds. The van der Waals surface area contributed by atoms with Gasteiger partial charge in [-0.05, 0) is 18.4 Å². The lowest BCUT2D eigenvalue weighted by Gasteiger charge is -2.24. The van der Waals surface area contributed by atoms with Crippen molar-refractivity contribution in [3.05, 3.63) is 17.9 Å². The lowest BCUT2D eigenvalue weighted by atomic mass is 9.83. The van der Waals surface area contributed by atoms with Gasteiger partial charge in [0.25, 0.3) is 5.95 Å². The molecule has 4 heteroatoms. The minimum atomic E-state index is -1.07. The highest BCUT2D eigenvalue weighted by Crippen LogP contribution is 2.29. The van der Waals surface area contributed by atoms with Gasteiger partial charge in [-0.1, -0.05) is 19.3 Å². The maximum Gasteiger partial charge on any atom is 0.371 e. The van der Waals surface area contributed by atoms with Crippen LogP contribution in [-0.2, 0) is 0 Å². The lowest BCUT2D eigenvalue weighted by Crippen LogP contribution is -2.14. The number of carboxylic acid groups (broad SMARTS) is 1. The van der Waals surface area contributed by atoms with Crippen LogP contribution in [-0.4, -0.2) is 17.7 Å². The fourth-order valence-electron chi connectivity index (χ4n) is 1.62. The van der Waals surface area contributed by atoms with Crippen molar-refractivity contribution in [3.63, 3.8) is 0 Å². The Balaban J connectivity index is 1.75. The zero-order valence-electron chi connectivity index (χ0n) is 8.44. The summed E-state index contributed by atoms with van der Waals surface area (Å²) in [7, 11) is 0. The molecular weight excluding hydrogens is 196 g/mol. The first-order valence-electron chi connectivity index (χ1n) is 5.21. The van der Waals surface area contributed by atoms with Crippen LogP contribution in [0.2, 0.25) is 0 Å². The quantitative estimate of drug-likeness (QED) is 0.811.